The van der Waals surface area contributed by atoms with Crippen molar-refractivity contribution in [3.05, 3.63) is 59.5 Å². The molecule has 0 spiro atoms. The third-order valence-electron chi connectivity index (χ3n) is 6.73. The first kappa shape index (κ1) is 23.2. The van der Waals surface area contributed by atoms with Crippen LogP contribution >= 0.6 is 11.3 Å². The molecule has 2 aromatic heterocycles. The molecule has 0 saturated carbocycles. The van der Waals surface area contributed by atoms with Gasteiger partial charge in [0.2, 0.25) is 0 Å². The number of amides is 1. The van der Waals surface area contributed by atoms with Crippen LogP contribution < -0.4 is 15.2 Å². The number of likely N-dealkylation sites (tertiary alicyclic amines) is 1. The molecule has 180 valence electrons. The monoisotopic (exact) mass is 487 g/mol. The molecule has 0 atom stereocenters. The number of nitrogens with two attached hydrogens (primary N) is 1. The molecule has 0 radical (unpaired) electrons. The van der Waals surface area contributed by atoms with Gasteiger partial charge in [0, 0.05) is 35.2 Å². The molecule has 3 heterocycles. The lowest BCUT2D eigenvalue weighted by Crippen LogP contribution is -2.37. The number of fused-ring (bicyclic) bond motifs is 1. The Hall–Kier alpha value is -3.58. The van der Waals surface area contributed by atoms with E-state index in [4.69, 9.17) is 20.2 Å². The lowest BCUT2D eigenvalue weighted by atomic mass is 9.97. The molecule has 6 nitrogen and oxygen atoms in total. The number of nitrogen functional groups attached to an aromatic ring is 1. The van der Waals surface area contributed by atoms with E-state index in [0.29, 0.717) is 28.0 Å². The molecular formula is C28H29N3O3S. The van der Waals surface area contributed by atoms with Crippen LogP contribution in [0.15, 0.2) is 54.6 Å². The molecule has 0 aliphatic carbocycles. The predicted molar refractivity (Wildman–Crippen MR) is 142 cm³/mol. The van der Waals surface area contributed by atoms with Crippen molar-refractivity contribution in [2.75, 3.05) is 33.0 Å². The van der Waals surface area contributed by atoms with Gasteiger partial charge in [-0.1, -0.05) is 49.4 Å². The minimum absolute atomic E-state index is 0.0118. The van der Waals surface area contributed by atoms with E-state index in [9.17, 15) is 4.79 Å². The highest BCUT2D eigenvalue weighted by molar-refractivity contribution is 7.21. The van der Waals surface area contributed by atoms with E-state index in [0.717, 1.165) is 58.5 Å². The first-order valence-electron chi connectivity index (χ1n) is 11.8. The summed E-state index contributed by atoms with van der Waals surface area (Å²) in [5, 5.41) is 0.773. The topological polar surface area (TPSA) is 77.7 Å². The number of para-hydroxylation sites is 1. The van der Waals surface area contributed by atoms with Gasteiger partial charge in [0.15, 0.2) is 11.5 Å². The number of carbonyl (C=O) groups excluding carboxylic acids is 1. The van der Waals surface area contributed by atoms with Crippen LogP contribution in [0.1, 0.15) is 29.4 Å². The number of benzene rings is 2. The molecule has 0 bridgehead atoms. The highest BCUT2D eigenvalue weighted by Gasteiger charge is 2.28. The number of ether oxygens (including phenoxy) is 2. The van der Waals surface area contributed by atoms with Crippen molar-refractivity contribution >= 4 is 33.1 Å². The number of piperidine rings is 1. The van der Waals surface area contributed by atoms with Crippen molar-refractivity contribution in [2.45, 2.75) is 19.8 Å². The Morgan fingerprint density at radius 3 is 2.46 bits per heavy atom. The van der Waals surface area contributed by atoms with Crippen molar-refractivity contribution in [3.8, 4) is 33.9 Å². The fraction of sp³-hybridized carbons (Fsp3) is 0.286. The molecule has 5 rings (SSSR count). The van der Waals surface area contributed by atoms with Gasteiger partial charge >= 0.3 is 0 Å². The second kappa shape index (κ2) is 9.58. The van der Waals surface area contributed by atoms with Crippen molar-refractivity contribution in [3.63, 3.8) is 0 Å². The fourth-order valence-corrected chi connectivity index (χ4v) is 5.79. The molecule has 0 unspecified atom stereocenters. The molecule has 1 aliphatic heterocycles. The van der Waals surface area contributed by atoms with Gasteiger partial charge in [-0.3, -0.25) is 4.79 Å². The first-order chi connectivity index (χ1) is 17.0. The Balaban J connectivity index is 1.73. The molecule has 35 heavy (non-hydrogen) atoms. The number of aromatic nitrogens is 1. The first-order valence-corrected chi connectivity index (χ1v) is 12.6. The van der Waals surface area contributed by atoms with E-state index in [1.165, 1.54) is 11.3 Å². The molecule has 2 aromatic carbocycles. The molecule has 1 fully saturated rings. The normalized spacial score (nSPS) is 14.3. The Bertz CT molecular complexity index is 1380. The van der Waals surface area contributed by atoms with Crippen LogP contribution in [0.25, 0.3) is 32.6 Å². The largest absolute Gasteiger partial charge is 0.493 e. The number of hydrogen-bond donors (Lipinski definition) is 1. The maximum Gasteiger partial charge on any atom is 0.266 e. The van der Waals surface area contributed by atoms with Gasteiger partial charge in [0.05, 0.1) is 25.6 Å². The highest BCUT2D eigenvalue weighted by Crippen LogP contribution is 2.46. The van der Waals surface area contributed by atoms with Crippen LogP contribution in [0.5, 0.6) is 11.5 Å². The Morgan fingerprint density at radius 2 is 1.77 bits per heavy atom. The van der Waals surface area contributed by atoms with Gasteiger partial charge < -0.3 is 20.1 Å². The Morgan fingerprint density at radius 1 is 1.03 bits per heavy atom. The van der Waals surface area contributed by atoms with Gasteiger partial charge in [0.1, 0.15) is 9.71 Å². The van der Waals surface area contributed by atoms with Crippen molar-refractivity contribution < 1.29 is 14.3 Å². The quantitative estimate of drug-likeness (QED) is 0.368. The van der Waals surface area contributed by atoms with Crippen molar-refractivity contribution in [1.29, 1.82) is 0 Å². The van der Waals surface area contributed by atoms with Crippen LogP contribution in [-0.4, -0.2) is 43.1 Å². The second-order valence-corrected chi connectivity index (χ2v) is 9.96. The number of thiophene rings is 1. The third-order valence-corrected chi connectivity index (χ3v) is 7.81. The molecule has 7 heteroatoms. The number of nitrogens with zero attached hydrogens (tertiary/aromatic N) is 2. The number of pyridine rings is 1. The fourth-order valence-electron chi connectivity index (χ4n) is 4.70. The van der Waals surface area contributed by atoms with Crippen LogP contribution in [-0.2, 0) is 0 Å². The highest BCUT2D eigenvalue weighted by atomic mass is 32.1. The number of hydrogen-bond acceptors (Lipinski definition) is 6. The summed E-state index contributed by atoms with van der Waals surface area (Å²) < 4.78 is 11.3. The van der Waals surface area contributed by atoms with E-state index >= 15 is 0 Å². The van der Waals surface area contributed by atoms with Gasteiger partial charge in [-0.15, -0.1) is 11.3 Å². The number of rotatable bonds is 5. The summed E-state index contributed by atoms with van der Waals surface area (Å²) in [7, 11) is 3.25. The minimum Gasteiger partial charge on any atom is -0.493 e. The van der Waals surface area contributed by atoms with Gasteiger partial charge in [-0.25, -0.2) is 4.98 Å². The summed E-state index contributed by atoms with van der Waals surface area (Å²) in [4.78, 5) is 21.7. The average Bonchev–Trinajstić information content (AvgIpc) is 3.24. The summed E-state index contributed by atoms with van der Waals surface area (Å²) in [6.07, 6.45) is 2.03. The number of carbonyl (C=O) groups is 1. The molecule has 1 amide bonds. The van der Waals surface area contributed by atoms with Crippen LogP contribution in [0, 0.1) is 5.92 Å². The SMILES string of the molecule is COc1cccc(-c2cc(-c3ccccc3)nc3sc(C(=O)N4CCC(C)CC4)c(N)c23)c1OC. The van der Waals surface area contributed by atoms with Gasteiger partial charge in [-0.05, 0) is 30.9 Å². The van der Waals surface area contributed by atoms with E-state index in [1.807, 2.05) is 59.5 Å². The van der Waals surface area contributed by atoms with Crippen molar-refractivity contribution in [1.82, 2.24) is 9.88 Å². The lowest BCUT2D eigenvalue weighted by molar-refractivity contribution is 0.0703. The standard InChI is InChI=1S/C28H29N3O3S/c1-17-12-14-31(15-13-17)28(32)26-24(29)23-20(19-10-7-11-22(33-2)25(19)34-3)16-21(30-27(23)35-26)18-8-5-4-6-9-18/h4-11,16-17H,12-15,29H2,1-3H3. The number of anilines is 1. The predicted octanol–water partition coefficient (Wildman–Crippen LogP) is 6.10. The maximum absolute atomic E-state index is 13.5. The van der Waals surface area contributed by atoms with E-state index in [1.54, 1.807) is 14.2 Å². The maximum atomic E-state index is 13.5. The zero-order valence-electron chi connectivity index (χ0n) is 20.2. The van der Waals surface area contributed by atoms with Gasteiger partial charge in [-0.2, -0.15) is 0 Å². The second-order valence-electron chi connectivity index (χ2n) is 8.96. The van der Waals surface area contributed by atoms with E-state index in [-0.39, 0.29) is 5.91 Å². The summed E-state index contributed by atoms with van der Waals surface area (Å²) in [6, 6.07) is 17.8. The van der Waals surface area contributed by atoms with Crippen LogP contribution in [0.4, 0.5) is 5.69 Å². The van der Waals surface area contributed by atoms with Crippen LogP contribution in [0.2, 0.25) is 0 Å². The molecule has 4 aromatic rings. The number of methoxy groups -OCH3 is 2. The zero-order valence-corrected chi connectivity index (χ0v) is 21.0. The van der Waals surface area contributed by atoms with E-state index in [2.05, 4.69) is 6.92 Å². The van der Waals surface area contributed by atoms with E-state index < -0.39 is 0 Å². The smallest absolute Gasteiger partial charge is 0.266 e. The molecule has 2 N–H and O–H groups in total. The van der Waals surface area contributed by atoms with Crippen molar-refractivity contribution in [2.24, 2.45) is 5.92 Å². The van der Waals surface area contributed by atoms with Gasteiger partial charge in [0.25, 0.3) is 5.91 Å². The Kier molecular flexibility index (Phi) is 6.34. The summed E-state index contributed by atoms with van der Waals surface area (Å²) in [5.74, 6) is 1.87. The minimum atomic E-state index is -0.0118. The third kappa shape index (κ3) is 4.21. The average molecular weight is 488 g/mol. The summed E-state index contributed by atoms with van der Waals surface area (Å²) in [6.45, 7) is 3.75. The molecular weight excluding hydrogens is 458 g/mol. The Labute approximate surface area is 209 Å². The molecule has 1 aliphatic rings. The summed E-state index contributed by atoms with van der Waals surface area (Å²) >= 11 is 1.37. The lowest BCUT2D eigenvalue weighted by Gasteiger charge is -2.30. The zero-order chi connectivity index (χ0) is 24.5. The van der Waals surface area contributed by atoms with Crippen LogP contribution in [0.3, 0.4) is 0 Å². The molecule has 1 saturated heterocycles. The summed E-state index contributed by atoms with van der Waals surface area (Å²) in [5.41, 5.74) is 10.7.